The lowest BCUT2D eigenvalue weighted by atomic mass is 9.97. The Kier molecular flexibility index (Phi) is 2.91. The van der Waals surface area contributed by atoms with E-state index >= 15 is 0 Å². The Bertz CT molecular complexity index is 244. The lowest BCUT2D eigenvalue weighted by Gasteiger charge is -2.21. The Hall–Kier alpha value is 0.360. The van der Waals surface area contributed by atoms with Gasteiger partial charge < -0.3 is 0 Å². The monoisotopic (exact) mass is 326 g/mol. The maximum absolute atomic E-state index is 11.1. The minimum absolute atomic E-state index is 0.214. The number of allylic oxidation sites excluding steroid dienone is 4. The molecule has 0 aromatic rings. The van der Waals surface area contributed by atoms with E-state index in [1.54, 1.807) is 6.92 Å². The van der Waals surface area contributed by atoms with Crippen molar-refractivity contribution in [1.29, 1.82) is 0 Å². The largest absolute Gasteiger partial charge is 0.298 e. The van der Waals surface area contributed by atoms with Crippen molar-refractivity contribution in [3.05, 3.63) is 22.7 Å². The first kappa shape index (κ1) is 9.45. The molecule has 0 aliphatic heterocycles. The standard InChI is InChI=1S/C8H8BrIO/c1-6(11)8(10)4-2-7(9)3-5-8/h2-4H,5H2,1H3. The third-order valence-corrected chi connectivity index (χ3v) is 3.83. The topological polar surface area (TPSA) is 17.1 Å². The van der Waals surface area contributed by atoms with E-state index in [0.717, 1.165) is 10.9 Å². The zero-order valence-corrected chi connectivity index (χ0v) is 9.85. The van der Waals surface area contributed by atoms with Crippen molar-refractivity contribution in [3.8, 4) is 0 Å². The minimum Gasteiger partial charge on any atom is -0.298 e. The van der Waals surface area contributed by atoms with Gasteiger partial charge in [-0.05, 0) is 13.3 Å². The van der Waals surface area contributed by atoms with Crippen LogP contribution in [0.5, 0.6) is 0 Å². The smallest absolute Gasteiger partial charge is 0.149 e. The fourth-order valence-electron chi connectivity index (χ4n) is 0.855. The molecule has 1 aliphatic carbocycles. The summed E-state index contributed by atoms with van der Waals surface area (Å²) in [4.78, 5) is 11.1. The van der Waals surface area contributed by atoms with Gasteiger partial charge >= 0.3 is 0 Å². The third kappa shape index (κ3) is 2.15. The van der Waals surface area contributed by atoms with Gasteiger partial charge in [-0.15, -0.1) is 0 Å². The summed E-state index contributed by atoms with van der Waals surface area (Å²) >= 11 is 5.54. The predicted octanol–water partition coefficient (Wildman–Crippen LogP) is 2.99. The van der Waals surface area contributed by atoms with Crippen LogP contribution in [0.15, 0.2) is 22.7 Å². The number of halogens is 2. The van der Waals surface area contributed by atoms with Crippen molar-refractivity contribution in [2.24, 2.45) is 0 Å². The number of alkyl halides is 1. The molecular formula is C8H8BrIO. The Balaban J connectivity index is 2.82. The quantitative estimate of drug-likeness (QED) is 0.535. The third-order valence-electron chi connectivity index (χ3n) is 1.69. The van der Waals surface area contributed by atoms with Crippen LogP contribution in [0.4, 0.5) is 0 Å². The molecule has 60 valence electrons. The summed E-state index contributed by atoms with van der Waals surface area (Å²) in [7, 11) is 0. The van der Waals surface area contributed by atoms with E-state index in [0.29, 0.717) is 0 Å². The SMILES string of the molecule is CC(=O)C1(I)C=CC(Br)=CC1. The van der Waals surface area contributed by atoms with Crippen molar-refractivity contribution in [2.75, 3.05) is 0 Å². The van der Waals surface area contributed by atoms with Gasteiger partial charge in [0, 0.05) is 4.48 Å². The molecule has 0 radical (unpaired) electrons. The molecule has 3 heteroatoms. The van der Waals surface area contributed by atoms with Crippen molar-refractivity contribution in [1.82, 2.24) is 0 Å². The number of hydrogen-bond acceptors (Lipinski definition) is 1. The normalized spacial score (nSPS) is 29.9. The first-order valence-corrected chi connectivity index (χ1v) is 5.16. The summed E-state index contributed by atoms with van der Waals surface area (Å²) < 4.78 is 0.765. The average Bonchev–Trinajstić information content (AvgIpc) is 1.95. The van der Waals surface area contributed by atoms with Crippen molar-refractivity contribution in [2.45, 2.75) is 16.8 Å². The van der Waals surface area contributed by atoms with Crippen molar-refractivity contribution < 1.29 is 4.79 Å². The maximum atomic E-state index is 11.1. The molecule has 0 saturated heterocycles. The molecule has 0 heterocycles. The van der Waals surface area contributed by atoms with Gasteiger partial charge in [-0.25, -0.2) is 0 Å². The second-order valence-electron chi connectivity index (χ2n) is 2.55. The minimum atomic E-state index is -0.297. The first-order chi connectivity index (χ1) is 5.04. The molecular weight excluding hydrogens is 319 g/mol. The van der Waals surface area contributed by atoms with E-state index in [4.69, 9.17) is 0 Å². The summed E-state index contributed by atoms with van der Waals surface area (Å²) in [6.45, 7) is 1.63. The predicted molar refractivity (Wildman–Crippen MR) is 58.2 cm³/mol. The van der Waals surface area contributed by atoms with E-state index in [2.05, 4.69) is 38.5 Å². The van der Waals surface area contributed by atoms with Crippen LogP contribution in [0, 0.1) is 0 Å². The summed E-state index contributed by atoms with van der Waals surface area (Å²) in [5, 5.41) is 0. The maximum Gasteiger partial charge on any atom is 0.149 e. The molecule has 0 bridgehead atoms. The number of ketones is 1. The van der Waals surface area contributed by atoms with Crippen LogP contribution < -0.4 is 0 Å². The number of hydrogen-bond donors (Lipinski definition) is 0. The van der Waals surface area contributed by atoms with Crippen LogP contribution >= 0.6 is 38.5 Å². The Morgan fingerprint density at radius 2 is 2.45 bits per heavy atom. The van der Waals surface area contributed by atoms with Gasteiger partial charge in [0.25, 0.3) is 0 Å². The van der Waals surface area contributed by atoms with Gasteiger partial charge in [0.15, 0.2) is 0 Å². The summed E-state index contributed by atoms with van der Waals surface area (Å²) in [6.07, 6.45) is 6.69. The zero-order chi connectivity index (χ0) is 8.48. The molecule has 1 unspecified atom stereocenters. The van der Waals surface area contributed by atoms with Crippen LogP contribution in [0.2, 0.25) is 0 Å². The fraction of sp³-hybridized carbons (Fsp3) is 0.375. The van der Waals surface area contributed by atoms with Crippen LogP contribution in [0.25, 0.3) is 0 Å². The lowest BCUT2D eigenvalue weighted by Crippen LogP contribution is -2.27. The summed E-state index contributed by atoms with van der Waals surface area (Å²) in [6, 6.07) is 0. The highest BCUT2D eigenvalue weighted by atomic mass is 127. The molecule has 0 saturated carbocycles. The van der Waals surface area contributed by atoms with Crippen molar-refractivity contribution >= 4 is 44.3 Å². The van der Waals surface area contributed by atoms with Crippen LogP contribution in [0.1, 0.15) is 13.3 Å². The number of Topliss-reactive ketones (excluding diaryl/α,β-unsaturated/α-hetero) is 1. The van der Waals surface area contributed by atoms with Crippen molar-refractivity contribution in [3.63, 3.8) is 0 Å². The van der Waals surface area contributed by atoms with Crippen LogP contribution in [0.3, 0.4) is 0 Å². The Labute approximate surface area is 88.2 Å². The fourth-order valence-corrected chi connectivity index (χ4v) is 1.55. The lowest BCUT2D eigenvalue weighted by molar-refractivity contribution is -0.117. The molecule has 1 rings (SSSR count). The number of carbonyl (C=O) groups excluding carboxylic acids is 1. The molecule has 1 aliphatic rings. The van der Waals surface area contributed by atoms with Crippen LogP contribution in [-0.4, -0.2) is 9.20 Å². The van der Waals surface area contributed by atoms with Gasteiger partial charge in [0.1, 0.15) is 9.20 Å². The molecule has 11 heavy (non-hydrogen) atoms. The molecule has 0 amide bonds. The van der Waals surface area contributed by atoms with Gasteiger partial charge in [-0.2, -0.15) is 0 Å². The number of carbonyl (C=O) groups is 1. The van der Waals surface area contributed by atoms with Crippen LogP contribution in [-0.2, 0) is 4.79 Å². The van der Waals surface area contributed by atoms with Gasteiger partial charge in [0.2, 0.25) is 0 Å². The molecule has 0 aromatic heterocycles. The molecule has 0 fully saturated rings. The highest BCUT2D eigenvalue weighted by Crippen LogP contribution is 2.32. The van der Waals surface area contributed by atoms with E-state index in [1.165, 1.54) is 0 Å². The van der Waals surface area contributed by atoms with E-state index in [-0.39, 0.29) is 9.20 Å². The van der Waals surface area contributed by atoms with Gasteiger partial charge in [-0.3, -0.25) is 4.79 Å². The molecule has 1 nitrogen and oxygen atoms in total. The highest BCUT2D eigenvalue weighted by molar-refractivity contribution is 14.1. The van der Waals surface area contributed by atoms with E-state index in [9.17, 15) is 4.79 Å². The van der Waals surface area contributed by atoms with Gasteiger partial charge in [-0.1, -0.05) is 56.7 Å². The second-order valence-corrected chi connectivity index (χ2v) is 5.39. The molecule has 1 atom stereocenters. The summed E-state index contributed by atoms with van der Waals surface area (Å²) in [5.74, 6) is 0.214. The average molecular weight is 327 g/mol. The highest BCUT2D eigenvalue weighted by Gasteiger charge is 2.29. The van der Waals surface area contributed by atoms with E-state index < -0.39 is 0 Å². The van der Waals surface area contributed by atoms with E-state index in [1.807, 2.05) is 18.2 Å². The molecule has 0 N–H and O–H groups in total. The molecule has 0 spiro atoms. The molecule has 0 aromatic carbocycles. The summed E-state index contributed by atoms with van der Waals surface area (Å²) in [5.41, 5.74) is 0. The first-order valence-electron chi connectivity index (χ1n) is 3.29. The second kappa shape index (κ2) is 3.39. The Morgan fingerprint density at radius 3 is 2.82 bits per heavy atom. The zero-order valence-electron chi connectivity index (χ0n) is 6.10. The number of rotatable bonds is 1. The van der Waals surface area contributed by atoms with Gasteiger partial charge in [0.05, 0.1) is 0 Å². The Morgan fingerprint density at radius 1 is 1.82 bits per heavy atom.